The van der Waals surface area contributed by atoms with Gasteiger partial charge < -0.3 is 15.2 Å². The molecule has 3 rings (SSSR count). The van der Waals surface area contributed by atoms with Crippen molar-refractivity contribution in [1.82, 2.24) is 5.32 Å². The Morgan fingerprint density at radius 1 is 1.32 bits per heavy atom. The van der Waals surface area contributed by atoms with Gasteiger partial charge >= 0.3 is 0 Å². The van der Waals surface area contributed by atoms with Crippen LogP contribution in [-0.2, 0) is 4.74 Å². The normalized spacial score (nSPS) is 17.0. The average Bonchev–Trinajstić information content (AvgIpc) is 3.18. The van der Waals surface area contributed by atoms with Crippen LogP contribution in [0.25, 0.3) is 10.1 Å². The summed E-state index contributed by atoms with van der Waals surface area (Å²) in [6.07, 6.45) is 4.12. The van der Waals surface area contributed by atoms with Gasteiger partial charge in [0, 0.05) is 11.2 Å². The zero-order valence-corrected chi connectivity index (χ0v) is 13.3. The minimum absolute atomic E-state index is 0.0199. The van der Waals surface area contributed by atoms with E-state index in [4.69, 9.17) is 9.84 Å². The zero-order valence-electron chi connectivity index (χ0n) is 12.5. The Hall–Kier alpha value is -1.43. The van der Waals surface area contributed by atoms with E-state index in [1.807, 2.05) is 30.3 Å². The van der Waals surface area contributed by atoms with Crippen molar-refractivity contribution in [2.75, 3.05) is 19.8 Å². The van der Waals surface area contributed by atoms with Crippen molar-refractivity contribution in [2.45, 2.75) is 31.3 Å². The van der Waals surface area contributed by atoms with Crippen molar-refractivity contribution >= 4 is 27.3 Å². The molecule has 0 aliphatic heterocycles. The number of thiophene rings is 1. The number of aliphatic hydroxyl groups is 1. The molecule has 1 heterocycles. The Balaban J connectivity index is 1.65. The van der Waals surface area contributed by atoms with Crippen LogP contribution < -0.4 is 5.32 Å². The molecule has 22 heavy (non-hydrogen) atoms. The summed E-state index contributed by atoms with van der Waals surface area (Å²) in [5, 5.41) is 13.1. The predicted octanol–water partition coefficient (Wildman–Crippen LogP) is 2.95. The van der Waals surface area contributed by atoms with Crippen LogP contribution in [0.1, 0.15) is 35.4 Å². The molecule has 1 fully saturated rings. The lowest BCUT2D eigenvalue weighted by molar-refractivity contribution is -0.0511. The maximum atomic E-state index is 12.4. The van der Waals surface area contributed by atoms with E-state index in [0.29, 0.717) is 13.2 Å². The first-order chi connectivity index (χ1) is 10.7. The molecule has 1 amide bonds. The van der Waals surface area contributed by atoms with Gasteiger partial charge in [-0.25, -0.2) is 0 Å². The summed E-state index contributed by atoms with van der Waals surface area (Å²) in [6.45, 7) is 0.866. The molecule has 0 radical (unpaired) electrons. The SMILES string of the molecule is O=C(NCC1(OCCO)CCCC1)c1cc2ccccc2s1. The van der Waals surface area contributed by atoms with Gasteiger partial charge in [0.25, 0.3) is 5.91 Å². The maximum Gasteiger partial charge on any atom is 0.261 e. The summed E-state index contributed by atoms with van der Waals surface area (Å²) in [4.78, 5) is 13.1. The van der Waals surface area contributed by atoms with Crippen molar-refractivity contribution in [3.63, 3.8) is 0 Å². The van der Waals surface area contributed by atoms with Gasteiger partial charge in [-0.3, -0.25) is 4.79 Å². The highest BCUT2D eigenvalue weighted by molar-refractivity contribution is 7.20. The molecule has 0 unspecified atom stereocenters. The number of fused-ring (bicyclic) bond motifs is 1. The molecule has 5 heteroatoms. The van der Waals surface area contributed by atoms with Gasteiger partial charge in [-0.05, 0) is 30.4 Å². The molecule has 0 atom stereocenters. The molecule has 1 aromatic heterocycles. The van der Waals surface area contributed by atoms with Crippen molar-refractivity contribution < 1.29 is 14.6 Å². The molecule has 2 N–H and O–H groups in total. The second kappa shape index (κ2) is 6.77. The molecular formula is C17H21NO3S. The number of nitrogens with one attached hydrogen (secondary N) is 1. The van der Waals surface area contributed by atoms with Gasteiger partial charge in [0.2, 0.25) is 0 Å². The van der Waals surface area contributed by atoms with Crippen LogP contribution in [0, 0.1) is 0 Å². The Morgan fingerprint density at radius 2 is 2.09 bits per heavy atom. The lowest BCUT2D eigenvalue weighted by Crippen LogP contribution is -2.43. The molecule has 1 aliphatic rings. The first kappa shape index (κ1) is 15.5. The van der Waals surface area contributed by atoms with E-state index in [2.05, 4.69) is 5.32 Å². The highest BCUT2D eigenvalue weighted by atomic mass is 32.1. The van der Waals surface area contributed by atoms with E-state index < -0.39 is 0 Å². The molecule has 0 bridgehead atoms. The van der Waals surface area contributed by atoms with Crippen LogP contribution in [0.4, 0.5) is 0 Å². The van der Waals surface area contributed by atoms with Gasteiger partial charge in [-0.15, -0.1) is 11.3 Å². The number of carbonyl (C=O) groups is 1. The molecule has 118 valence electrons. The number of rotatable bonds is 6. The quantitative estimate of drug-likeness (QED) is 0.860. The highest BCUT2D eigenvalue weighted by Gasteiger charge is 2.35. The summed E-state index contributed by atoms with van der Waals surface area (Å²) in [5.41, 5.74) is -0.297. The number of benzene rings is 1. The van der Waals surface area contributed by atoms with E-state index in [1.54, 1.807) is 0 Å². The fraction of sp³-hybridized carbons (Fsp3) is 0.471. The van der Waals surface area contributed by atoms with Crippen LogP contribution in [-0.4, -0.2) is 36.4 Å². The molecular weight excluding hydrogens is 298 g/mol. The smallest absolute Gasteiger partial charge is 0.261 e. The molecule has 1 saturated carbocycles. The van der Waals surface area contributed by atoms with Crippen LogP contribution in [0.3, 0.4) is 0 Å². The summed E-state index contributed by atoms with van der Waals surface area (Å²) in [6, 6.07) is 9.94. The largest absolute Gasteiger partial charge is 0.394 e. The van der Waals surface area contributed by atoms with Crippen molar-refractivity contribution in [1.29, 1.82) is 0 Å². The number of aliphatic hydroxyl groups excluding tert-OH is 1. The number of hydrogen-bond donors (Lipinski definition) is 2. The number of carbonyl (C=O) groups excluding carboxylic acids is 1. The molecule has 1 aliphatic carbocycles. The third-order valence-corrected chi connectivity index (χ3v) is 5.35. The zero-order chi connectivity index (χ0) is 15.4. The fourth-order valence-corrected chi connectivity index (χ4v) is 4.05. The van der Waals surface area contributed by atoms with Gasteiger partial charge in [-0.2, -0.15) is 0 Å². The standard InChI is InChI=1S/C17H21NO3S/c19-9-10-21-17(7-3-4-8-17)12-18-16(20)15-11-13-5-1-2-6-14(13)22-15/h1-2,5-6,11,19H,3-4,7-10,12H2,(H,18,20). The third-order valence-electron chi connectivity index (χ3n) is 4.23. The average molecular weight is 319 g/mol. The second-order valence-electron chi connectivity index (χ2n) is 5.79. The van der Waals surface area contributed by atoms with Gasteiger partial charge in [0.05, 0.1) is 23.7 Å². The molecule has 4 nitrogen and oxygen atoms in total. The van der Waals surface area contributed by atoms with Gasteiger partial charge in [-0.1, -0.05) is 31.0 Å². The van der Waals surface area contributed by atoms with Crippen molar-refractivity contribution in [3.05, 3.63) is 35.2 Å². The second-order valence-corrected chi connectivity index (χ2v) is 6.88. The maximum absolute atomic E-state index is 12.4. The van der Waals surface area contributed by atoms with Crippen LogP contribution in [0.2, 0.25) is 0 Å². The Labute approximate surface area is 134 Å². The van der Waals surface area contributed by atoms with E-state index >= 15 is 0 Å². The lowest BCUT2D eigenvalue weighted by Gasteiger charge is -2.29. The molecule has 2 aromatic rings. The monoisotopic (exact) mass is 319 g/mol. The van der Waals surface area contributed by atoms with Crippen LogP contribution in [0.5, 0.6) is 0 Å². The van der Waals surface area contributed by atoms with E-state index in [9.17, 15) is 4.79 Å². The number of ether oxygens (including phenoxy) is 1. The van der Waals surface area contributed by atoms with Crippen LogP contribution in [0.15, 0.2) is 30.3 Å². The minimum atomic E-state index is -0.297. The number of hydrogen-bond acceptors (Lipinski definition) is 4. The van der Waals surface area contributed by atoms with Crippen molar-refractivity contribution in [3.8, 4) is 0 Å². The number of amides is 1. The lowest BCUT2D eigenvalue weighted by atomic mass is 10.0. The first-order valence-corrected chi connectivity index (χ1v) is 8.56. The summed E-state index contributed by atoms with van der Waals surface area (Å²) >= 11 is 1.51. The fourth-order valence-electron chi connectivity index (χ4n) is 3.08. The predicted molar refractivity (Wildman–Crippen MR) is 88.4 cm³/mol. The third kappa shape index (κ3) is 3.32. The summed E-state index contributed by atoms with van der Waals surface area (Å²) in [5.74, 6) is -0.0416. The summed E-state index contributed by atoms with van der Waals surface area (Å²) in [7, 11) is 0. The van der Waals surface area contributed by atoms with E-state index in [0.717, 1.165) is 40.6 Å². The van der Waals surface area contributed by atoms with Crippen molar-refractivity contribution in [2.24, 2.45) is 0 Å². The van der Waals surface area contributed by atoms with Gasteiger partial charge in [0.1, 0.15) is 0 Å². The Morgan fingerprint density at radius 3 is 2.82 bits per heavy atom. The molecule has 0 saturated heterocycles. The molecule has 0 spiro atoms. The summed E-state index contributed by atoms with van der Waals surface area (Å²) < 4.78 is 6.95. The minimum Gasteiger partial charge on any atom is -0.394 e. The van der Waals surface area contributed by atoms with Crippen LogP contribution >= 0.6 is 11.3 Å². The van der Waals surface area contributed by atoms with E-state index in [-0.39, 0.29) is 18.1 Å². The van der Waals surface area contributed by atoms with E-state index in [1.165, 1.54) is 11.3 Å². The Bertz CT molecular complexity index is 613. The highest BCUT2D eigenvalue weighted by Crippen LogP contribution is 2.33. The Kier molecular flexibility index (Phi) is 4.76. The molecule has 1 aromatic carbocycles. The first-order valence-electron chi connectivity index (χ1n) is 7.74. The topological polar surface area (TPSA) is 58.6 Å². The van der Waals surface area contributed by atoms with Gasteiger partial charge in [0.15, 0.2) is 0 Å².